The fourth-order valence-corrected chi connectivity index (χ4v) is 2.28. The summed E-state index contributed by atoms with van der Waals surface area (Å²) in [6.07, 6.45) is 4.87. The Kier molecular flexibility index (Phi) is 2.61. The number of hydrogen-bond acceptors (Lipinski definition) is 4. The highest BCUT2D eigenvalue weighted by Gasteiger charge is 2.34. The normalized spacial score (nSPS) is 23.2. The second-order valence-electron chi connectivity index (χ2n) is 5.07. The molecule has 1 aromatic rings. The predicted octanol–water partition coefficient (Wildman–Crippen LogP) is 1.34. The summed E-state index contributed by atoms with van der Waals surface area (Å²) in [6.45, 7) is 4.45. The van der Waals surface area contributed by atoms with E-state index in [1.807, 2.05) is 0 Å². The van der Waals surface area contributed by atoms with Crippen molar-refractivity contribution < 1.29 is 0 Å². The van der Waals surface area contributed by atoms with Gasteiger partial charge in [0.05, 0.1) is 6.33 Å². The molecule has 1 aliphatic carbocycles. The molecule has 0 bridgehead atoms. The Morgan fingerprint density at radius 3 is 3.00 bits per heavy atom. The van der Waals surface area contributed by atoms with Crippen LogP contribution in [-0.2, 0) is 0 Å². The largest absolute Gasteiger partial charge is 0.391 e. The first kappa shape index (κ1) is 11.0. The Labute approximate surface area is 94.5 Å². The van der Waals surface area contributed by atoms with E-state index in [2.05, 4.69) is 29.1 Å². The number of H-pyrrole nitrogens is 1. The molecule has 0 aliphatic heterocycles. The molecule has 1 aliphatic rings. The third kappa shape index (κ3) is 1.89. The number of anilines is 2. The van der Waals surface area contributed by atoms with Gasteiger partial charge in [-0.05, 0) is 18.3 Å². The van der Waals surface area contributed by atoms with Gasteiger partial charge in [-0.2, -0.15) is 0 Å². The van der Waals surface area contributed by atoms with E-state index in [-0.39, 0.29) is 16.7 Å². The van der Waals surface area contributed by atoms with Crippen LogP contribution >= 0.6 is 0 Å². The molecule has 0 spiro atoms. The van der Waals surface area contributed by atoms with E-state index in [9.17, 15) is 4.79 Å². The number of aromatic amines is 1. The number of hydrogen-bond donors (Lipinski definition) is 3. The van der Waals surface area contributed by atoms with Crippen LogP contribution in [0.3, 0.4) is 0 Å². The van der Waals surface area contributed by atoms with Gasteiger partial charge < -0.3 is 16.0 Å². The minimum Gasteiger partial charge on any atom is -0.391 e. The van der Waals surface area contributed by atoms with Gasteiger partial charge in [-0.3, -0.25) is 4.79 Å². The van der Waals surface area contributed by atoms with Crippen LogP contribution in [0.2, 0.25) is 0 Å². The standard InChI is InChI=1S/C11H18N4O/c1-11(2)5-3-4-7(11)15-9-8(12)10(16)14-6-13-9/h6-7H,3-5,12H2,1-2H3,(H2,13,14,15,16). The quantitative estimate of drug-likeness (QED) is 0.705. The summed E-state index contributed by atoms with van der Waals surface area (Å²) in [7, 11) is 0. The van der Waals surface area contributed by atoms with E-state index in [1.165, 1.54) is 19.2 Å². The van der Waals surface area contributed by atoms with E-state index >= 15 is 0 Å². The average Bonchev–Trinajstić information content (AvgIpc) is 2.54. The van der Waals surface area contributed by atoms with E-state index in [0.29, 0.717) is 11.9 Å². The maximum absolute atomic E-state index is 11.3. The molecule has 16 heavy (non-hydrogen) atoms. The SMILES string of the molecule is CC1(C)CCCC1Nc1nc[nH]c(=O)c1N. The summed E-state index contributed by atoms with van der Waals surface area (Å²) in [5.41, 5.74) is 5.80. The molecule has 2 rings (SSSR count). The predicted molar refractivity (Wildman–Crippen MR) is 64.3 cm³/mol. The molecule has 0 amide bonds. The molecule has 1 atom stereocenters. The van der Waals surface area contributed by atoms with Gasteiger partial charge in [-0.1, -0.05) is 20.3 Å². The Morgan fingerprint density at radius 2 is 2.38 bits per heavy atom. The summed E-state index contributed by atoms with van der Waals surface area (Å²) in [6, 6.07) is 0.337. The number of nitrogens with one attached hydrogen (secondary N) is 2. The highest BCUT2D eigenvalue weighted by Crippen LogP contribution is 2.38. The number of aromatic nitrogens is 2. The van der Waals surface area contributed by atoms with Gasteiger partial charge in [0.15, 0.2) is 5.82 Å². The number of nitrogen functional groups attached to an aromatic ring is 1. The molecule has 0 radical (unpaired) electrons. The maximum atomic E-state index is 11.3. The molecular formula is C11H18N4O. The van der Waals surface area contributed by atoms with Gasteiger partial charge >= 0.3 is 0 Å². The lowest BCUT2D eigenvalue weighted by atomic mass is 9.87. The van der Waals surface area contributed by atoms with Gasteiger partial charge in [0.1, 0.15) is 5.69 Å². The van der Waals surface area contributed by atoms with Crippen LogP contribution < -0.4 is 16.6 Å². The smallest absolute Gasteiger partial charge is 0.276 e. The van der Waals surface area contributed by atoms with Gasteiger partial charge in [0.25, 0.3) is 5.56 Å². The molecule has 5 heteroatoms. The number of nitrogens with two attached hydrogens (primary N) is 1. The zero-order valence-electron chi connectivity index (χ0n) is 9.71. The lowest BCUT2D eigenvalue weighted by molar-refractivity contribution is 0.349. The monoisotopic (exact) mass is 222 g/mol. The first-order valence-corrected chi connectivity index (χ1v) is 5.60. The van der Waals surface area contributed by atoms with Crippen molar-refractivity contribution in [1.29, 1.82) is 0 Å². The van der Waals surface area contributed by atoms with Crippen LogP contribution in [0.4, 0.5) is 11.5 Å². The van der Waals surface area contributed by atoms with Gasteiger partial charge in [0.2, 0.25) is 0 Å². The van der Waals surface area contributed by atoms with Crippen molar-refractivity contribution >= 4 is 11.5 Å². The molecule has 1 unspecified atom stereocenters. The number of rotatable bonds is 2. The minimum atomic E-state index is -0.284. The molecule has 1 saturated carbocycles. The van der Waals surface area contributed by atoms with E-state index in [1.54, 1.807) is 0 Å². The van der Waals surface area contributed by atoms with Crippen molar-refractivity contribution in [2.24, 2.45) is 5.41 Å². The Hall–Kier alpha value is -1.52. The van der Waals surface area contributed by atoms with Crippen LogP contribution in [0.25, 0.3) is 0 Å². The highest BCUT2D eigenvalue weighted by molar-refractivity contribution is 5.59. The van der Waals surface area contributed by atoms with Crippen LogP contribution in [0.15, 0.2) is 11.1 Å². The average molecular weight is 222 g/mol. The Bertz CT molecular complexity index is 438. The van der Waals surface area contributed by atoms with Crippen molar-refractivity contribution in [1.82, 2.24) is 9.97 Å². The van der Waals surface area contributed by atoms with Crippen molar-refractivity contribution in [3.63, 3.8) is 0 Å². The van der Waals surface area contributed by atoms with Crippen LogP contribution in [-0.4, -0.2) is 16.0 Å². The minimum absolute atomic E-state index is 0.171. The third-order valence-corrected chi connectivity index (χ3v) is 3.46. The molecule has 1 aromatic heterocycles. The van der Waals surface area contributed by atoms with Crippen LogP contribution in [0.5, 0.6) is 0 Å². The molecule has 0 aromatic carbocycles. The van der Waals surface area contributed by atoms with E-state index < -0.39 is 0 Å². The van der Waals surface area contributed by atoms with E-state index in [4.69, 9.17) is 5.73 Å². The van der Waals surface area contributed by atoms with Gasteiger partial charge in [-0.25, -0.2) is 4.98 Å². The molecule has 1 fully saturated rings. The molecule has 0 saturated heterocycles. The third-order valence-electron chi connectivity index (χ3n) is 3.46. The summed E-state index contributed by atoms with van der Waals surface area (Å²) < 4.78 is 0. The van der Waals surface area contributed by atoms with E-state index in [0.717, 1.165) is 6.42 Å². The molecule has 5 nitrogen and oxygen atoms in total. The number of nitrogens with zero attached hydrogens (tertiary/aromatic N) is 1. The molecule has 88 valence electrons. The Balaban J connectivity index is 2.21. The van der Waals surface area contributed by atoms with Gasteiger partial charge in [0, 0.05) is 6.04 Å². The summed E-state index contributed by atoms with van der Waals surface area (Å²) in [5.74, 6) is 0.503. The first-order valence-electron chi connectivity index (χ1n) is 5.60. The first-order chi connectivity index (χ1) is 7.50. The van der Waals surface area contributed by atoms with Crippen molar-refractivity contribution in [3.8, 4) is 0 Å². The Morgan fingerprint density at radius 1 is 1.62 bits per heavy atom. The fraction of sp³-hybridized carbons (Fsp3) is 0.636. The summed E-state index contributed by atoms with van der Waals surface area (Å²) in [5, 5.41) is 3.28. The zero-order chi connectivity index (χ0) is 11.8. The highest BCUT2D eigenvalue weighted by atomic mass is 16.1. The van der Waals surface area contributed by atoms with Crippen molar-refractivity contribution in [2.75, 3.05) is 11.1 Å². The molecule has 1 heterocycles. The van der Waals surface area contributed by atoms with Crippen molar-refractivity contribution in [2.45, 2.75) is 39.2 Å². The lowest BCUT2D eigenvalue weighted by Crippen LogP contribution is -2.32. The maximum Gasteiger partial charge on any atom is 0.276 e. The second-order valence-corrected chi connectivity index (χ2v) is 5.07. The lowest BCUT2D eigenvalue weighted by Gasteiger charge is -2.28. The zero-order valence-corrected chi connectivity index (χ0v) is 9.71. The fourth-order valence-electron chi connectivity index (χ4n) is 2.28. The van der Waals surface area contributed by atoms with Crippen LogP contribution in [0, 0.1) is 5.41 Å². The second kappa shape index (κ2) is 3.81. The van der Waals surface area contributed by atoms with Gasteiger partial charge in [-0.15, -0.1) is 0 Å². The molecule has 4 N–H and O–H groups in total. The topological polar surface area (TPSA) is 83.8 Å². The summed E-state index contributed by atoms with van der Waals surface area (Å²) >= 11 is 0. The summed E-state index contributed by atoms with van der Waals surface area (Å²) in [4.78, 5) is 17.8. The molecular weight excluding hydrogens is 204 g/mol. The van der Waals surface area contributed by atoms with Crippen LogP contribution in [0.1, 0.15) is 33.1 Å². The van der Waals surface area contributed by atoms with Crippen molar-refractivity contribution in [3.05, 3.63) is 16.7 Å².